The Morgan fingerprint density at radius 2 is 2.11 bits per heavy atom. The molecule has 1 aromatic heterocycles. The first-order valence-electron chi connectivity index (χ1n) is 6.72. The quantitative estimate of drug-likeness (QED) is 0.807. The normalized spacial score (nSPS) is 24.9. The van der Waals surface area contributed by atoms with E-state index in [1.807, 2.05) is 18.2 Å². The van der Waals surface area contributed by atoms with Crippen molar-refractivity contribution in [3.8, 4) is 0 Å². The maximum atomic E-state index is 5.78. The van der Waals surface area contributed by atoms with Crippen LogP contribution in [0.3, 0.4) is 0 Å². The van der Waals surface area contributed by atoms with Crippen LogP contribution in [-0.4, -0.2) is 40.2 Å². The summed E-state index contributed by atoms with van der Waals surface area (Å²) in [5.74, 6) is 0.988. The van der Waals surface area contributed by atoms with Crippen molar-refractivity contribution < 1.29 is 4.74 Å². The fourth-order valence-electron chi connectivity index (χ4n) is 2.78. The van der Waals surface area contributed by atoms with Gasteiger partial charge in [-0.25, -0.2) is 4.98 Å². The lowest BCUT2D eigenvalue weighted by Crippen LogP contribution is -2.44. The number of nitrogens with zero attached hydrogens (tertiary/aromatic N) is 2. The zero-order valence-corrected chi connectivity index (χ0v) is 11.4. The van der Waals surface area contributed by atoms with E-state index in [-0.39, 0.29) is 12.2 Å². The largest absolute Gasteiger partial charge is 0.399 e. The maximum Gasteiger partial charge on any atom is 0.121 e. The number of rotatable bonds is 2. The molecule has 1 aromatic carbocycles. The van der Waals surface area contributed by atoms with Gasteiger partial charge in [0.1, 0.15) is 5.82 Å². The molecule has 102 valence electrons. The molecule has 0 aliphatic carbocycles. The smallest absolute Gasteiger partial charge is 0.121 e. The predicted octanol–water partition coefficient (Wildman–Crippen LogP) is 1.75. The number of ether oxygens (including phenoxy) is 1. The van der Waals surface area contributed by atoms with Gasteiger partial charge in [-0.15, -0.1) is 0 Å². The van der Waals surface area contributed by atoms with Gasteiger partial charge >= 0.3 is 0 Å². The third kappa shape index (κ3) is 2.72. The standard InChI is InChI=1S/C14H20N4O/c1-9-6-18(7-10(2)19-9)8-14-16-12-4-3-11(15)5-13(12)17-14/h3-5,9-10H,6-8,15H2,1-2H3,(H,16,17). The molecule has 3 rings (SSSR count). The second-order valence-corrected chi connectivity index (χ2v) is 5.41. The van der Waals surface area contributed by atoms with Crippen LogP contribution in [0.25, 0.3) is 11.0 Å². The number of H-pyrrole nitrogens is 1. The fraction of sp³-hybridized carbons (Fsp3) is 0.500. The van der Waals surface area contributed by atoms with Crippen molar-refractivity contribution in [2.24, 2.45) is 0 Å². The molecule has 5 heteroatoms. The number of nitrogens with one attached hydrogen (secondary N) is 1. The minimum absolute atomic E-state index is 0.281. The van der Waals surface area contributed by atoms with E-state index in [2.05, 4.69) is 28.7 Å². The Morgan fingerprint density at radius 3 is 2.84 bits per heavy atom. The Hall–Kier alpha value is -1.59. The van der Waals surface area contributed by atoms with E-state index >= 15 is 0 Å². The minimum atomic E-state index is 0.281. The SMILES string of the molecule is CC1CN(Cc2nc3ccc(N)cc3[nH]2)CC(C)O1. The Kier molecular flexibility index (Phi) is 3.16. The van der Waals surface area contributed by atoms with Crippen LogP contribution >= 0.6 is 0 Å². The van der Waals surface area contributed by atoms with Crippen LogP contribution in [0, 0.1) is 0 Å². The van der Waals surface area contributed by atoms with E-state index < -0.39 is 0 Å². The van der Waals surface area contributed by atoms with Gasteiger partial charge in [0.2, 0.25) is 0 Å². The lowest BCUT2D eigenvalue weighted by molar-refractivity contribution is -0.0710. The van der Waals surface area contributed by atoms with Crippen LogP contribution in [0.4, 0.5) is 5.69 Å². The third-order valence-electron chi connectivity index (χ3n) is 3.42. The Labute approximate surface area is 112 Å². The molecule has 1 aliphatic heterocycles. The van der Waals surface area contributed by atoms with Gasteiger partial charge < -0.3 is 15.5 Å². The fourth-order valence-corrected chi connectivity index (χ4v) is 2.78. The summed E-state index contributed by atoms with van der Waals surface area (Å²) in [4.78, 5) is 10.3. The predicted molar refractivity (Wildman–Crippen MR) is 75.8 cm³/mol. The minimum Gasteiger partial charge on any atom is -0.399 e. The van der Waals surface area contributed by atoms with Crippen LogP contribution in [0.2, 0.25) is 0 Å². The number of hydrogen-bond acceptors (Lipinski definition) is 4. The third-order valence-corrected chi connectivity index (χ3v) is 3.42. The molecule has 2 aromatic rings. The van der Waals surface area contributed by atoms with Crippen LogP contribution in [0.5, 0.6) is 0 Å². The highest BCUT2D eigenvalue weighted by Crippen LogP contribution is 2.17. The molecular formula is C14H20N4O. The number of aromatic nitrogens is 2. The summed E-state index contributed by atoms with van der Waals surface area (Å²) >= 11 is 0. The van der Waals surface area contributed by atoms with Crippen molar-refractivity contribution in [2.75, 3.05) is 18.8 Å². The topological polar surface area (TPSA) is 67.2 Å². The summed E-state index contributed by atoms with van der Waals surface area (Å²) in [5.41, 5.74) is 8.51. The van der Waals surface area contributed by atoms with Gasteiger partial charge in [0.05, 0.1) is 29.8 Å². The second kappa shape index (κ2) is 4.83. The number of anilines is 1. The number of imidazole rings is 1. The molecule has 2 heterocycles. The Balaban J connectivity index is 1.77. The van der Waals surface area contributed by atoms with Crippen molar-refractivity contribution in [3.63, 3.8) is 0 Å². The molecule has 0 saturated carbocycles. The van der Waals surface area contributed by atoms with Gasteiger partial charge in [-0.3, -0.25) is 4.90 Å². The van der Waals surface area contributed by atoms with Crippen LogP contribution < -0.4 is 5.73 Å². The summed E-state index contributed by atoms with van der Waals surface area (Å²) < 4.78 is 5.74. The summed E-state index contributed by atoms with van der Waals surface area (Å²) in [6, 6.07) is 5.76. The number of nitrogen functional groups attached to an aromatic ring is 1. The summed E-state index contributed by atoms with van der Waals surface area (Å²) in [5, 5.41) is 0. The monoisotopic (exact) mass is 260 g/mol. The van der Waals surface area contributed by atoms with E-state index in [1.165, 1.54) is 0 Å². The maximum absolute atomic E-state index is 5.78. The van der Waals surface area contributed by atoms with Gasteiger partial charge in [0.25, 0.3) is 0 Å². The van der Waals surface area contributed by atoms with E-state index in [9.17, 15) is 0 Å². The first-order valence-corrected chi connectivity index (χ1v) is 6.72. The van der Waals surface area contributed by atoms with Crippen LogP contribution in [-0.2, 0) is 11.3 Å². The Bertz CT molecular complexity index is 570. The summed E-state index contributed by atoms with van der Waals surface area (Å²) in [7, 11) is 0. The highest BCUT2D eigenvalue weighted by Gasteiger charge is 2.22. The summed E-state index contributed by atoms with van der Waals surface area (Å²) in [6.45, 7) is 6.95. The van der Waals surface area contributed by atoms with Crippen molar-refractivity contribution in [3.05, 3.63) is 24.0 Å². The average molecular weight is 260 g/mol. The first kappa shape index (κ1) is 12.4. The van der Waals surface area contributed by atoms with E-state index in [4.69, 9.17) is 10.5 Å². The van der Waals surface area contributed by atoms with Gasteiger partial charge in [0.15, 0.2) is 0 Å². The molecule has 0 amide bonds. The molecule has 0 spiro atoms. The molecule has 19 heavy (non-hydrogen) atoms. The molecule has 2 atom stereocenters. The first-order chi connectivity index (χ1) is 9.10. The average Bonchev–Trinajstić information content (AvgIpc) is 2.68. The number of fused-ring (bicyclic) bond motifs is 1. The number of morpholine rings is 1. The molecule has 1 aliphatic rings. The van der Waals surface area contributed by atoms with Gasteiger partial charge in [0, 0.05) is 18.8 Å². The van der Waals surface area contributed by atoms with E-state index in [1.54, 1.807) is 0 Å². The number of aromatic amines is 1. The molecule has 1 saturated heterocycles. The molecule has 1 fully saturated rings. The highest BCUT2D eigenvalue weighted by atomic mass is 16.5. The molecule has 0 bridgehead atoms. The van der Waals surface area contributed by atoms with Crippen LogP contribution in [0.1, 0.15) is 19.7 Å². The molecule has 5 nitrogen and oxygen atoms in total. The number of nitrogens with two attached hydrogens (primary N) is 1. The zero-order valence-electron chi connectivity index (χ0n) is 11.4. The number of hydrogen-bond donors (Lipinski definition) is 2. The zero-order chi connectivity index (χ0) is 13.4. The van der Waals surface area contributed by atoms with Crippen LogP contribution in [0.15, 0.2) is 18.2 Å². The second-order valence-electron chi connectivity index (χ2n) is 5.41. The van der Waals surface area contributed by atoms with Gasteiger partial charge in [-0.2, -0.15) is 0 Å². The lowest BCUT2D eigenvalue weighted by atomic mass is 10.2. The van der Waals surface area contributed by atoms with E-state index in [0.717, 1.165) is 42.2 Å². The van der Waals surface area contributed by atoms with E-state index in [0.29, 0.717) is 0 Å². The number of benzene rings is 1. The van der Waals surface area contributed by atoms with Gasteiger partial charge in [-0.05, 0) is 32.0 Å². The van der Waals surface area contributed by atoms with Crippen molar-refractivity contribution in [1.82, 2.24) is 14.9 Å². The molecule has 2 unspecified atom stereocenters. The molecule has 3 N–H and O–H groups in total. The van der Waals surface area contributed by atoms with Crippen molar-refractivity contribution in [2.45, 2.75) is 32.6 Å². The Morgan fingerprint density at radius 1 is 1.37 bits per heavy atom. The summed E-state index contributed by atoms with van der Waals surface area (Å²) in [6.07, 6.45) is 0.563. The van der Waals surface area contributed by atoms with Gasteiger partial charge in [-0.1, -0.05) is 0 Å². The van der Waals surface area contributed by atoms with Crippen molar-refractivity contribution >= 4 is 16.7 Å². The van der Waals surface area contributed by atoms with Crippen molar-refractivity contribution in [1.29, 1.82) is 0 Å². The highest BCUT2D eigenvalue weighted by molar-refractivity contribution is 5.78. The molecule has 0 radical (unpaired) electrons. The lowest BCUT2D eigenvalue weighted by Gasteiger charge is -2.34. The molecular weight excluding hydrogens is 240 g/mol.